The predicted molar refractivity (Wildman–Crippen MR) is 87.1 cm³/mol. The van der Waals surface area contributed by atoms with Gasteiger partial charge in [-0.25, -0.2) is 17.8 Å². The Labute approximate surface area is 135 Å². The molecule has 3 rings (SSSR count). The van der Waals surface area contributed by atoms with Gasteiger partial charge in [0.05, 0.1) is 20.7 Å². The molecule has 0 spiro atoms. The fraction of sp³-hybridized carbons (Fsp3) is 0.0667. The molecule has 1 N–H and O–H groups in total. The topological polar surface area (TPSA) is 76.1 Å². The van der Waals surface area contributed by atoms with Crippen LogP contribution in [0.4, 0.5) is 9.52 Å². The van der Waals surface area contributed by atoms with Crippen LogP contribution in [0.1, 0.15) is 10.4 Å². The lowest BCUT2D eigenvalue weighted by atomic mass is 10.2. The monoisotopic (exact) mass is 350 g/mol. The highest BCUT2D eigenvalue weighted by Gasteiger charge is 2.19. The molecule has 0 fully saturated rings. The molecule has 0 aliphatic heterocycles. The van der Waals surface area contributed by atoms with Crippen LogP contribution in [0.3, 0.4) is 0 Å². The second-order valence-corrected chi connectivity index (χ2v) is 7.87. The molecule has 0 atom stereocenters. The van der Waals surface area contributed by atoms with Crippen LogP contribution >= 0.6 is 11.3 Å². The smallest absolute Gasteiger partial charge is 0.258 e. The Balaban J connectivity index is 1.95. The summed E-state index contributed by atoms with van der Waals surface area (Å²) < 4.78 is 37.3. The summed E-state index contributed by atoms with van der Waals surface area (Å²) in [6.45, 7) is 0. The third-order valence-corrected chi connectivity index (χ3v) is 5.19. The van der Waals surface area contributed by atoms with Gasteiger partial charge in [0.1, 0.15) is 5.82 Å². The van der Waals surface area contributed by atoms with Crippen molar-refractivity contribution in [2.75, 3.05) is 11.6 Å². The molecule has 0 aliphatic rings. The summed E-state index contributed by atoms with van der Waals surface area (Å²) in [5.41, 5.74) is 0.600. The number of nitrogens with zero attached hydrogens (tertiary/aromatic N) is 1. The maximum absolute atomic E-state index is 13.2. The molecule has 2 aromatic carbocycles. The number of hydrogen-bond acceptors (Lipinski definition) is 5. The highest BCUT2D eigenvalue weighted by molar-refractivity contribution is 7.90. The second-order valence-electron chi connectivity index (χ2n) is 4.85. The zero-order valence-electron chi connectivity index (χ0n) is 11.9. The number of benzene rings is 2. The first kappa shape index (κ1) is 15.6. The van der Waals surface area contributed by atoms with Crippen molar-refractivity contribution < 1.29 is 17.6 Å². The van der Waals surface area contributed by atoms with Crippen LogP contribution in [0.15, 0.2) is 47.4 Å². The van der Waals surface area contributed by atoms with Crippen molar-refractivity contribution in [3.63, 3.8) is 0 Å². The SMILES string of the molecule is CS(=O)(=O)c1ccccc1C(=O)Nc1nc2ccc(F)cc2s1. The number of sulfone groups is 1. The molecular formula is C15H11FN2O3S2. The Morgan fingerprint density at radius 3 is 2.70 bits per heavy atom. The molecule has 3 aromatic rings. The standard InChI is InChI=1S/C15H11FN2O3S2/c1-23(20,21)13-5-3-2-4-10(13)14(19)18-15-17-11-7-6-9(16)8-12(11)22-15/h2-8H,1H3,(H,17,18,19). The van der Waals surface area contributed by atoms with Crippen LogP contribution in [0.25, 0.3) is 10.2 Å². The number of hydrogen-bond donors (Lipinski definition) is 1. The summed E-state index contributed by atoms with van der Waals surface area (Å²) in [5.74, 6) is -0.966. The summed E-state index contributed by atoms with van der Waals surface area (Å²) in [4.78, 5) is 16.5. The quantitative estimate of drug-likeness (QED) is 0.787. The van der Waals surface area contributed by atoms with Crippen molar-refractivity contribution in [1.82, 2.24) is 4.98 Å². The normalized spacial score (nSPS) is 11.6. The minimum absolute atomic E-state index is 0.0421. The van der Waals surface area contributed by atoms with Gasteiger partial charge in [-0.3, -0.25) is 10.1 Å². The number of fused-ring (bicyclic) bond motifs is 1. The van der Waals surface area contributed by atoms with Crippen molar-refractivity contribution in [2.24, 2.45) is 0 Å². The first-order valence-electron chi connectivity index (χ1n) is 6.51. The largest absolute Gasteiger partial charge is 0.298 e. The zero-order chi connectivity index (χ0) is 16.6. The first-order valence-corrected chi connectivity index (χ1v) is 9.22. The third kappa shape index (κ3) is 3.22. The summed E-state index contributed by atoms with van der Waals surface area (Å²) in [5, 5.41) is 2.84. The lowest BCUT2D eigenvalue weighted by Crippen LogP contribution is -2.15. The molecule has 0 saturated carbocycles. The maximum atomic E-state index is 13.2. The van der Waals surface area contributed by atoms with Crippen molar-refractivity contribution in [1.29, 1.82) is 0 Å². The summed E-state index contributed by atoms with van der Waals surface area (Å²) in [6, 6.07) is 10.1. The van der Waals surface area contributed by atoms with Crippen LogP contribution in [-0.4, -0.2) is 25.6 Å². The first-order chi connectivity index (χ1) is 10.8. The van der Waals surface area contributed by atoms with Crippen LogP contribution in [0.2, 0.25) is 0 Å². The Bertz CT molecular complexity index is 1010. The molecule has 1 amide bonds. The van der Waals surface area contributed by atoms with E-state index in [0.29, 0.717) is 10.2 Å². The van der Waals surface area contributed by atoms with Gasteiger partial charge in [0.2, 0.25) is 0 Å². The third-order valence-electron chi connectivity index (χ3n) is 3.10. The van der Waals surface area contributed by atoms with Crippen molar-refractivity contribution in [3.05, 3.63) is 53.8 Å². The molecule has 0 radical (unpaired) electrons. The number of carbonyl (C=O) groups is 1. The highest BCUT2D eigenvalue weighted by Crippen LogP contribution is 2.27. The van der Waals surface area contributed by atoms with Crippen molar-refractivity contribution in [3.8, 4) is 0 Å². The molecule has 0 saturated heterocycles. The Morgan fingerprint density at radius 1 is 1.22 bits per heavy atom. The van der Waals surface area contributed by atoms with Gasteiger partial charge in [-0.2, -0.15) is 0 Å². The van der Waals surface area contributed by atoms with Gasteiger partial charge in [-0.1, -0.05) is 23.5 Å². The average molecular weight is 350 g/mol. The zero-order valence-corrected chi connectivity index (χ0v) is 13.5. The number of amides is 1. The van der Waals surface area contributed by atoms with E-state index < -0.39 is 15.7 Å². The molecule has 0 bridgehead atoms. The van der Waals surface area contributed by atoms with Gasteiger partial charge in [0.25, 0.3) is 5.91 Å². The Morgan fingerprint density at radius 2 is 1.96 bits per heavy atom. The second kappa shape index (κ2) is 5.71. The minimum Gasteiger partial charge on any atom is -0.298 e. The predicted octanol–water partition coefficient (Wildman–Crippen LogP) is 3.09. The molecule has 0 aliphatic carbocycles. The van der Waals surface area contributed by atoms with E-state index in [-0.39, 0.29) is 21.4 Å². The highest BCUT2D eigenvalue weighted by atomic mass is 32.2. The van der Waals surface area contributed by atoms with E-state index >= 15 is 0 Å². The number of aromatic nitrogens is 1. The number of nitrogens with one attached hydrogen (secondary N) is 1. The van der Waals surface area contributed by atoms with E-state index in [4.69, 9.17) is 0 Å². The molecule has 5 nitrogen and oxygen atoms in total. The summed E-state index contributed by atoms with van der Waals surface area (Å²) in [6.07, 6.45) is 1.04. The van der Waals surface area contributed by atoms with Crippen molar-refractivity contribution >= 4 is 42.4 Å². The molecule has 1 aromatic heterocycles. The number of carbonyl (C=O) groups excluding carboxylic acids is 1. The van der Waals surface area contributed by atoms with Crippen molar-refractivity contribution in [2.45, 2.75) is 4.90 Å². The number of thiazole rings is 1. The van der Waals surface area contributed by atoms with E-state index in [1.165, 1.54) is 30.3 Å². The Hall–Kier alpha value is -2.32. The molecular weight excluding hydrogens is 339 g/mol. The average Bonchev–Trinajstić information content (AvgIpc) is 2.87. The van der Waals surface area contributed by atoms with Crippen LogP contribution in [-0.2, 0) is 9.84 Å². The lowest BCUT2D eigenvalue weighted by molar-refractivity contribution is 0.102. The van der Waals surface area contributed by atoms with E-state index in [0.717, 1.165) is 17.6 Å². The van der Waals surface area contributed by atoms with Crippen LogP contribution < -0.4 is 5.32 Å². The number of rotatable bonds is 3. The van der Waals surface area contributed by atoms with Gasteiger partial charge in [0.15, 0.2) is 15.0 Å². The van der Waals surface area contributed by atoms with E-state index in [9.17, 15) is 17.6 Å². The number of anilines is 1. The summed E-state index contributed by atoms with van der Waals surface area (Å²) >= 11 is 1.12. The summed E-state index contributed by atoms with van der Waals surface area (Å²) in [7, 11) is -3.53. The van der Waals surface area contributed by atoms with Gasteiger partial charge in [0, 0.05) is 6.26 Å². The fourth-order valence-corrected chi connectivity index (χ4v) is 3.87. The van der Waals surface area contributed by atoms with Gasteiger partial charge >= 0.3 is 0 Å². The van der Waals surface area contributed by atoms with Gasteiger partial charge in [-0.15, -0.1) is 0 Å². The lowest BCUT2D eigenvalue weighted by Gasteiger charge is -2.06. The van der Waals surface area contributed by atoms with Crippen LogP contribution in [0, 0.1) is 5.82 Å². The molecule has 118 valence electrons. The Kier molecular flexibility index (Phi) is 3.87. The number of halogens is 1. The minimum atomic E-state index is -3.53. The van der Waals surface area contributed by atoms with Crippen LogP contribution in [0.5, 0.6) is 0 Å². The fourth-order valence-electron chi connectivity index (χ4n) is 2.09. The maximum Gasteiger partial charge on any atom is 0.258 e. The van der Waals surface area contributed by atoms with Gasteiger partial charge in [-0.05, 0) is 30.3 Å². The molecule has 0 unspecified atom stereocenters. The van der Waals surface area contributed by atoms with Gasteiger partial charge < -0.3 is 0 Å². The molecule has 1 heterocycles. The molecule has 8 heteroatoms. The van der Waals surface area contributed by atoms with E-state index in [1.807, 2.05) is 0 Å². The van der Waals surface area contributed by atoms with E-state index in [2.05, 4.69) is 10.3 Å². The molecule has 23 heavy (non-hydrogen) atoms. The van der Waals surface area contributed by atoms with E-state index in [1.54, 1.807) is 12.1 Å².